The number of hydrogen-bond acceptors (Lipinski definition) is 0. The van der Waals surface area contributed by atoms with Crippen LogP contribution in [0.4, 0.5) is 0 Å². The summed E-state index contributed by atoms with van der Waals surface area (Å²) in [4.78, 5) is 0. The molecular formula is C128H156N6+6. The number of benzene rings is 9. The van der Waals surface area contributed by atoms with Crippen LogP contribution in [0.2, 0.25) is 0 Å². The molecule has 0 saturated carbocycles. The van der Waals surface area contributed by atoms with E-state index in [4.69, 9.17) is 0 Å². The molecule has 6 nitrogen and oxygen atoms in total. The Labute approximate surface area is 808 Å². The smallest absolute Gasteiger partial charge is 0.129 e. The van der Waals surface area contributed by atoms with Crippen LogP contribution in [-0.4, -0.2) is 0 Å². The third kappa shape index (κ3) is 14.3. The third-order valence-corrected chi connectivity index (χ3v) is 27.7. The molecule has 9 aromatic carbocycles. The summed E-state index contributed by atoms with van der Waals surface area (Å²) in [5, 5.41) is 0. The van der Waals surface area contributed by atoms with Gasteiger partial charge >= 0.3 is 17.0 Å². The number of pyridine rings is 6. The zero-order valence-corrected chi connectivity index (χ0v) is 87.2. The zero-order valence-electron chi connectivity index (χ0n) is 87.2. The van der Waals surface area contributed by atoms with Gasteiger partial charge in [-0.2, -0.15) is 0 Å². The van der Waals surface area contributed by atoms with Gasteiger partial charge in [0.1, 0.15) is 33.4 Å². The molecule has 6 aromatic heterocycles. The highest BCUT2D eigenvalue weighted by Gasteiger charge is 2.74. The molecule has 6 atom stereocenters. The molecule has 0 fully saturated rings. The van der Waals surface area contributed by atoms with Crippen LogP contribution in [0.1, 0.15) is 398 Å². The monoisotopic (exact) mass is 1780 g/mol. The lowest BCUT2D eigenvalue weighted by atomic mass is 9.61. The van der Waals surface area contributed by atoms with Crippen molar-refractivity contribution in [2.24, 2.45) is 0 Å². The summed E-state index contributed by atoms with van der Waals surface area (Å²) in [6, 6.07) is 94.8. The van der Waals surface area contributed by atoms with E-state index in [0.717, 1.165) is 51.4 Å². The fourth-order valence-electron chi connectivity index (χ4n) is 24.6. The number of fused-ring (bicyclic) bond motifs is 10. The highest BCUT2D eigenvalue weighted by atomic mass is 15.3. The van der Waals surface area contributed by atoms with E-state index >= 15 is 0 Å². The second kappa shape index (κ2) is 43.9. The quantitative estimate of drug-likeness (QED) is 0.135. The highest BCUT2D eigenvalue weighted by Crippen LogP contribution is 2.62. The maximum absolute atomic E-state index is 2.69. The van der Waals surface area contributed by atoms with Crippen LogP contribution in [0.15, 0.2) is 286 Å². The van der Waals surface area contributed by atoms with Gasteiger partial charge in [-0.25, -0.2) is 0 Å². The number of aromatic nitrogens is 6. The molecule has 0 amide bonds. The van der Waals surface area contributed by atoms with E-state index in [1.807, 2.05) is 208 Å². The third-order valence-electron chi connectivity index (χ3n) is 27.7. The number of nitrogens with zero attached hydrogens (tertiary/aromatic N) is 6. The van der Waals surface area contributed by atoms with Crippen LogP contribution in [-0.2, 0) is 68.4 Å². The average molecular weight is 1780 g/mol. The number of rotatable bonds is 0. The Morgan fingerprint density at radius 2 is 0.403 bits per heavy atom. The van der Waals surface area contributed by atoms with Crippen molar-refractivity contribution in [3.63, 3.8) is 0 Å². The average Bonchev–Trinajstić information content (AvgIpc) is 1.50. The largest absolute Gasteiger partial charge is 0.417 e. The first kappa shape index (κ1) is 101. The van der Waals surface area contributed by atoms with Crippen molar-refractivity contribution < 1.29 is 27.4 Å². The zero-order chi connectivity index (χ0) is 96.9. The maximum Gasteiger partial charge on any atom is 0.417 e. The van der Waals surface area contributed by atoms with Crippen molar-refractivity contribution in [3.8, 4) is 33.8 Å². The van der Waals surface area contributed by atoms with Crippen LogP contribution in [0.5, 0.6) is 0 Å². The van der Waals surface area contributed by atoms with Gasteiger partial charge in [-0.05, 0) is 198 Å². The molecule has 3 spiro atoms. The summed E-state index contributed by atoms with van der Waals surface area (Å²) < 4.78 is 15.7. The van der Waals surface area contributed by atoms with Crippen LogP contribution < -0.4 is 27.4 Å². The van der Waals surface area contributed by atoms with Gasteiger partial charge in [-0.3, -0.25) is 0 Å². The standard InChI is InChI=1S/2C33H22N2.C32H22N2.15C2H6/c2*1-2-14-34-26(11-1)25-10-4-8-22-18-23-13-12-21-16-19-6-3-7-20-17-24-9-5-15-35-32(24)29(27(19)20)28(21)31(23)33(34,35)30(22)25;1-2-10-24-20(8-1)18-21-14-15-23-19-22-9-7-11-25-26-12-3-5-16-33(26)32(30(22)25)31(23)28(21)29(24)27-13-4-6-17-34(27)32;15*1-2/h2*1-15,29H,16-18H2;1-17,29H,18-19H2;15*1-2H3/q3*+2;;;;;;;;;;;;;;;. The summed E-state index contributed by atoms with van der Waals surface area (Å²) in [5.74, 6) is 0.930. The second-order valence-corrected chi connectivity index (χ2v) is 31.9. The van der Waals surface area contributed by atoms with Crippen molar-refractivity contribution in [1.82, 2.24) is 0 Å². The van der Waals surface area contributed by atoms with Crippen LogP contribution in [0, 0.1) is 0 Å². The van der Waals surface area contributed by atoms with Gasteiger partial charge in [0.2, 0.25) is 34.2 Å². The maximum atomic E-state index is 2.69. The van der Waals surface area contributed by atoms with Gasteiger partial charge in [0.05, 0.1) is 34.4 Å². The molecule has 15 aromatic rings. The van der Waals surface area contributed by atoms with E-state index < -0.39 is 0 Å². The molecule has 0 radical (unpaired) electrons. The first-order chi connectivity index (χ1) is 66.6. The Bertz CT molecular complexity index is 6390. The molecule has 0 saturated heterocycles. The van der Waals surface area contributed by atoms with E-state index in [-0.39, 0.29) is 22.9 Å². The van der Waals surface area contributed by atoms with Crippen molar-refractivity contribution in [1.29, 1.82) is 0 Å². The molecule has 6 heteroatoms. The molecule has 8 aliphatic carbocycles. The van der Waals surface area contributed by atoms with E-state index in [0.29, 0.717) is 11.8 Å². The molecular weight excluding hydrogens is 1620 g/mol. The summed E-state index contributed by atoms with van der Waals surface area (Å²) in [6.45, 7) is 60.0. The number of hydrogen-bond donors (Lipinski definition) is 0. The van der Waals surface area contributed by atoms with Gasteiger partial charge in [0.25, 0.3) is 0 Å². The molecule has 29 rings (SSSR count). The Balaban J connectivity index is 0.000000159. The highest BCUT2D eigenvalue weighted by molar-refractivity contribution is 5.79. The Morgan fingerprint density at radius 3 is 0.761 bits per heavy atom. The minimum atomic E-state index is -0.374. The summed E-state index contributed by atoms with van der Waals surface area (Å²) in [7, 11) is 0. The van der Waals surface area contributed by atoms with Crippen molar-refractivity contribution >= 4 is 0 Å². The minimum absolute atomic E-state index is 0.267. The summed E-state index contributed by atoms with van der Waals surface area (Å²) in [6.07, 6.45) is 22.2. The van der Waals surface area contributed by atoms with Crippen LogP contribution in [0.3, 0.4) is 0 Å². The van der Waals surface area contributed by atoms with E-state index in [9.17, 15) is 0 Å². The van der Waals surface area contributed by atoms with Crippen molar-refractivity contribution in [2.75, 3.05) is 0 Å². The van der Waals surface area contributed by atoms with Gasteiger partial charge in [-0.15, -0.1) is 27.4 Å². The molecule has 14 aliphatic rings. The minimum Gasteiger partial charge on any atom is -0.129 e. The second-order valence-electron chi connectivity index (χ2n) is 31.9. The lowest BCUT2D eigenvalue weighted by Gasteiger charge is -2.43. The van der Waals surface area contributed by atoms with E-state index in [1.54, 1.807) is 38.9 Å². The Morgan fingerprint density at radius 1 is 0.172 bits per heavy atom. The molecule has 0 bridgehead atoms. The Kier molecular flexibility index (Phi) is 33.1. The van der Waals surface area contributed by atoms with Gasteiger partial charge < -0.3 is 0 Å². The first-order valence-electron chi connectivity index (χ1n) is 52.8. The topological polar surface area (TPSA) is 23.3 Å². The lowest BCUT2D eigenvalue weighted by Crippen LogP contribution is -2.77. The van der Waals surface area contributed by atoms with E-state index in [1.165, 1.54) is 168 Å². The summed E-state index contributed by atoms with van der Waals surface area (Å²) >= 11 is 0. The molecule has 0 N–H and O–H groups in total. The predicted molar refractivity (Wildman–Crippen MR) is 565 cm³/mol. The molecule has 692 valence electrons. The van der Waals surface area contributed by atoms with Crippen LogP contribution >= 0.6 is 0 Å². The van der Waals surface area contributed by atoms with Gasteiger partial charge in [0, 0.05) is 84.6 Å². The fraction of sp³-hybridized carbons (Fsp3) is 0.344. The van der Waals surface area contributed by atoms with Gasteiger partial charge in [0.15, 0.2) is 37.2 Å². The van der Waals surface area contributed by atoms with Crippen molar-refractivity contribution in [2.45, 2.75) is 294 Å². The fourth-order valence-corrected chi connectivity index (χ4v) is 24.6. The molecule has 6 unspecified atom stereocenters. The van der Waals surface area contributed by atoms with E-state index in [2.05, 4.69) is 313 Å². The molecule has 134 heavy (non-hydrogen) atoms. The normalized spacial score (nSPS) is 17.4. The Hall–Kier alpha value is -12.1. The van der Waals surface area contributed by atoms with Crippen molar-refractivity contribution in [3.05, 3.63) is 459 Å². The molecule has 12 heterocycles. The summed E-state index contributed by atoms with van der Waals surface area (Å²) in [5.41, 5.74) is 53.8. The lowest BCUT2D eigenvalue weighted by molar-refractivity contribution is -0.968. The SMILES string of the molecule is CC.CC.CC.CC.CC.CC.CC.CC.CC.CC.CC.CC.CC.CC.CC.c1cc2c3c(c1)Cc1ccc[n+]4c1C3c1c(ccc3c1C41c4c(cccc4-c4cccc[n+]41)C3)C2.c1cc2c3c(c1)Cc1ccc[n+]4c1C3c1c(ccc3c1C41c4c(cccc4-c4cccc[n+]41)C3)C2.c1ccc2c(c1)Cc1ccc3c4c1C2c1cccc[n+]1C41c2c(cccc2-c2cccc[n+]21)C3. The van der Waals surface area contributed by atoms with Crippen LogP contribution in [0.25, 0.3) is 33.8 Å². The predicted octanol–water partition coefficient (Wildman–Crippen LogP) is 29.7. The van der Waals surface area contributed by atoms with Gasteiger partial charge in [-0.1, -0.05) is 347 Å². The first-order valence-corrected chi connectivity index (χ1v) is 52.8. The molecule has 6 aliphatic heterocycles.